The van der Waals surface area contributed by atoms with Gasteiger partial charge in [0.25, 0.3) is 0 Å². The van der Waals surface area contributed by atoms with Crippen molar-refractivity contribution in [3.8, 4) is 0 Å². The Morgan fingerprint density at radius 3 is 1.23 bits per heavy atom. The molecule has 23 heteroatoms. The summed E-state index contributed by atoms with van der Waals surface area (Å²) in [6.45, 7) is 25.2. The molecule has 3 aromatic heterocycles. The topological polar surface area (TPSA) is 258 Å². The third-order valence-electron chi connectivity index (χ3n) is 8.95. The van der Waals surface area contributed by atoms with Gasteiger partial charge < -0.3 is 70.0 Å². The van der Waals surface area contributed by atoms with E-state index in [1.807, 2.05) is 73.3 Å². The molecule has 6 heterocycles. The monoisotopic (exact) mass is 974 g/mol. The van der Waals surface area contributed by atoms with Gasteiger partial charge in [0.1, 0.15) is 22.6 Å². The standard InChI is InChI=1S/C14H20N4O4.C14H22N4O2.C9H18N2O2.C5H3BrN2O2/c1-14(2,3)22-13(19)17-8-6-16(7-9-17)11-4-5-12(15-10-11)18(20)21;1-14(2,3)20-13(19)18-8-6-17(7-9-18)11-4-5-12(15)16-10-11;1-9(2,3)13-8(12)11-6-4-10-5-7-11;6-4-1-2-5(7-3-4)8(9)10/h4-5,10H,6-9H2,1-3H3;4-5,10H,6-9H2,1-3H3,(H2,15,16);10H,4-7H2,1-3H3;1-3H. The molecule has 3 fully saturated rings. The number of aromatic nitrogens is 3. The zero-order valence-corrected chi connectivity index (χ0v) is 40.3. The van der Waals surface area contributed by atoms with Gasteiger partial charge >= 0.3 is 29.9 Å². The lowest BCUT2D eigenvalue weighted by atomic mass is 10.2. The molecule has 0 unspecified atom stereocenters. The second kappa shape index (κ2) is 24.3. The fourth-order valence-corrected chi connectivity index (χ4v) is 6.09. The highest BCUT2D eigenvalue weighted by molar-refractivity contribution is 9.10. The lowest BCUT2D eigenvalue weighted by Gasteiger charge is -2.36. The zero-order chi connectivity index (χ0) is 48.5. The average molecular weight is 976 g/mol. The molecule has 0 aromatic carbocycles. The Bertz CT molecular complexity index is 1990. The van der Waals surface area contributed by atoms with E-state index < -0.39 is 21.0 Å². The Balaban J connectivity index is 0.000000240. The van der Waals surface area contributed by atoms with Crippen molar-refractivity contribution in [2.75, 3.05) is 94.1 Å². The van der Waals surface area contributed by atoms with Crippen LogP contribution in [0.2, 0.25) is 0 Å². The van der Waals surface area contributed by atoms with Crippen molar-refractivity contribution >= 4 is 63.0 Å². The molecule has 0 radical (unpaired) electrons. The van der Waals surface area contributed by atoms with E-state index in [0.717, 1.165) is 55.1 Å². The molecule has 3 aliphatic rings. The second-order valence-corrected chi connectivity index (χ2v) is 18.7. The van der Waals surface area contributed by atoms with Gasteiger partial charge in [-0.3, -0.25) is 0 Å². The molecule has 3 saturated heterocycles. The van der Waals surface area contributed by atoms with Crippen LogP contribution >= 0.6 is 15.9 Å². The quantitative estimate of drug-likeness (QED) is 0.164. The zero-order valence-electron chi connectivity index (χ0n) is 38.7. The number of nitrogen functional groups attached to an aromatic ring is 1. The number of ether oxygens (including phenoxy) is 3. The predicted molar refractivity (Wildman–Crippen MR) is 249 cm³/mol. The van der Waals surface area contributed by atoms with Crippen LogP contribution in [0.25, 0.3) is 0 Å². The number of hydrogen-bond donors (Lipinski definition) is 2. The minimum absolute atomic E-state index is 0.136. The molecule has 0 spiro atoms. The maximum atomic E-state index is 12.0. The summed E-state index contributed by atoms with van der Waals surface area (Å²) >= 11 is 3.11. The summed E-state index contributed by atoms with van der Waals surface area (Å²) in [5.74, 6) is 0.209. The third-order valence-corrected chi connectivity index (χ3v) is 9.42. The van der Waals surface area contributed by atoms with Gasteiger partial charge in [-0.2, -0.15) is 0 Å². The molecular formula is C42H63BrN12O10. The van der Waals surface area contributed by atoms with Crippen LogP contribution in [0, 0.1) is 20.2 Å². The van der Waals surface area contributed by atoms with Crippen molar-refractivity contribution in [1.82, 2.24) is 35.0 Å². The highest BCUT2D eigenvalue weighted by atomic mass is 79.9. The van der Waals surface area contributed by atoms with Crippen LogP contribution in [0.4, 0.5) is 43.2 Å². The average Bonchev–Trinajstić information content (AvgIpc) is 3.23. The minimum atomic E-state index is -0.535. The highest BCUT2D eigenvalue weighted by Crippen LogP contribution is 2.21. The molecule has 6 rings (SSSR count). The molecule has 0 bridgehead atoms. The van der Waals surface area contributed by atoms with Gasteiger partial charge in [0.05, 0.1) is 22.0 Å². The van der Waals surface area contributed by atoms with Crippen LogP contribution in [0.1, 0.15) is 62.3 Å². The number of pyridine rings is 3. The van der Waals surface area contributed by atoms with Crippen LogP contribution in [-0.2, 0) is 14.2 Å². The first-order valence-corrected chi connectivity index (χ1v) is 21.8. The van der Waals surface area contributed by atoms with Crippen molar-refractivity contribution in [3.63, 3.8) is 0 Å². The molecule has 22 nitrogen and oxygen atoms in total. The van der Waals surface area contributed by atoms with Crippen LogP contribution in [-0.4, -0.2) is 153 Å². The van der Waals surface area contributed by atoms with E-state index in [0.29, 0.717) is 45.1 Å². The van der Waals surface area contributed by atoms with Crippen LogP contribution in [0.15, 0.2) is 59.5 Å². The Morgan fingerprint density at radius 2 is 0.923 bits per heavy atom. The fraction of sp³-hybridized carbons (Fsp3) is 0.571. The molecule has 358 valence electrons. The van der Waals surface area contributed by atoms with E-state index in [9.17, 15) is 34.6 Å². The number of amides is 3. The number of anilines is 3. The van der Waals surface area contributed by atoms with Gasteiger partial charge in [-0.05, 0) is 122 Å². The lowest BCUT2D eigenvalue weighted by Crippen LogP contribution is -2.50. The van der Waals surface area contributed by atoms with Gasteiger partial charge in [-0.25, -0.2) is 19.4 Å². The van der Waals surface area contributed by atoms with Crippen molar-refractivity contribution < 1.29 is 38.4 Å². The molecule has 0 aliphatic carbocycles. The molecule has 0 atom stereocenters. The number of carbonyl (C=O) groups is 3. The maximum Gasteiger partial charge on any atom is 0.410 e. The van der Waals surface area contributed by atoms with Crippen molar-refractivity contribution in [1.29, 1.82) is 0 Å². The number of hydrogen-bond acceptors (Lipinski definition) is 17. The summed E-state index contributed by atoms with van der Waals surface area (Å²) < 4.78 is 16.7. The lowest BCUT2D eigenvalue weighted by molar-refractivity contribution is -0.389. The first-order valence-electron chi connectivity index (χ1n) is 21.0. The second-order valence-electron chi connectivity index (χ2n) is 17.8. The first-order chi connectivity index (χ1) is 30.3. The largest absolute Gasteiger partial charge is 0.444 e. The Morgan fingerprint density at radius 1 is 0.569 bits per heavy atom. The van der Waals surface area contributed by atoms with Crippen LogP contribution in [0.5, 0.6) is 0 Å². The fourth-order valence-electron chi connectivity index (χ4n) is 5.86. The number of nitrogens with one attached hydrogen (secondary N) is 1. The number of halogens is 1. The molecule has 3 aliphatic heterocycles. The van der Waals surface area contributed by atoms with Crippen LogP contribution < -0.4 is 20.9 Å². The SMILES string of the molecule is CC(C)(C)OC(=O)N1CCN(c2ccc(N)nc2)CC1.CC(C)(C)OC(=O)N1CCN(c2ccc([N+](=O)[O-])nc2)CC1.CC(C)(C)OC(=O)N1CCNCC1.O=[N+]([O-])c1ccc(Br)cn1. The maximum absolute atomic E-state index is 12.0. The first kappa shape index (κ1) is 53.2. The van der Waals surface area contributed by atoms with Gasteiger partial charge in [0.2, 0.25) is 0 Å². The molecular weight excluding hydrogens is 912 g/mol. The highest BCUT2D eigenvalue weighted by Gasteiger charge is 2.28. The predicted octanol–water partition coefficient (Wildman–Crippen LogP) is 6.35. The number of nitrogens with two attached hydrogens (primary N) is 1. The minimum Gasteiger partial charge on any atom is -0.444 e. The van der Waals surface area contributed by atoms with Crippen molar-refractivity contribution in [2.24, 2.45) is 0 Å². The molecule has 3 N–H and O–H groups in total. The summed E-state index contributed by atoms with van der Waals surface area (Å²) in [7, 11) is 0. The van der Waals surface area contributed by atoms with Crippen LogP contribution in [0.3, 0.4) is 0 Å². The van der Waals surface area contributed by atoms with Gasteiger partial charge in [-0.15, -0.1) is 0 Å². The number of rotatable bonds is 4. The van der Waals surface area contributed by atoms with Gasteiger partial charge in [-0.1, -0.05) is 0 Å². The number of piperazine rings is 3. The van der Waals surface area contributed by atoms with Gasteiger partial charge in [0.15, 0.2) is 12.4 Å². The van der Waals surface area contributed by atoms with Gasteiger partial charge in [0, 0.05) is 90.7 Å². The Labute approximate surface area is 388 Å². The molecule has 3 amide bonds. The van der Waals surface area contributed by atoms with Crippen molar-refractivity contribution in [2.45, 2.75) is 79.1 Å². The summed E-state index contributed by atoms with van der Waals surface area (Å²) in [4.78, 5) is 75.8. The van der Waals surface area contributed by atoms with E-state index in [1.165, 1.54) is 24.5 Å². The van der Waals surface area contributed by atoms with E-state index in [2.05, 4.69) is 41.1 Å². The number of carbonyl (C=O) groups excluding carboxylic acids is 3. The summed E-state index contributed by atoms with van der Waals surface area (Å²) in [6, 6.07) is 9.71. The van der Waals surface area contributed by atoms with E-state index >= 15 is 0 Å². The number of nitro groups is 2. The summed E-state index contributed by atoms with van der Waals surface area (Å²) in [6.07, 6.45) is 3.88. The third kappa shape index (κ3) is 20.1. The van der Waals surface area contributed by atoms with E-state index in [1.54, 1.807) is 39.1 Å². The normalized spacial score (nSPS) is 15.4. The molecule has 3 aromatic rings. The number of nitrogens with zero attached hydrogens (tertiary/aromatic N) is 10. The van der Waals surface area contributed by atoms with E-state index in [-0.39, 0.29) is 35.5 Å². The summed E-state index contributed by atoms with van der Waals surface area (Å²) in [5.41, 5.74) is 6.08. The Kier molecular flexibility index (Phi) is 19.9. The summed E-state index contributed by atoms with van der Waals surface area (Å²) in [5, 5.41) is 23.8. The Hall–Kier alpha value is -6.10. The molecule has 0 saturated carbocycles. The smallest absolute Gasteiger partial charge is 0.410 e. The van der Waals surface area contributed by atoms with Crippen molar-refractivity contribution in [3.05, 3.63) is 79.7 Å². The molecule has 65 heavy (non-hydrogen) atoms. The van der Waals surface area contributed by atoms with E-state index in [4.69, 9.17) is 19.9 Å².